The van der Waals surface area contributed by atoms with Crippen LogP contribution in [0.25, 0.3) is 0 Å². The van der Waals surface area contributed by atoms with Crippen LogP contribution in [0.2, 0.25) is 0 Å². The van der Waals surface area contributed by atoms with Gasteiger partial charge >= 0.3 is 6.03 Å². The van der Waals surface area contributed by atoms with E-state index in [9.17, 15) is 14.7 Å². The number of β-amino-alcohol motifs (C(OH)–C–C–N with tert-alkyl or cyclic N) is 1. The molecule has 0 radical (unpaired) electrons. The number of rotatable bonds is 3. The topological polar surface area (TPSA) is 69.6 Å². The standard InChI is InChI=1S/C17H22N2O3/c1-16(13-8-4-2-5-9-13)14(20)19(15(21)18-16)12-17(22)10-6-3-7-11-17/h2,4-5,8-9,22H,3,6-7,10-12H2,1H3,(H,18,21)/t16-/m1/s1. The summed E-state index contributed by atoms with van der Waals surface area (Å²) in [6.45, 7) is 1.80. The number of nitrogens with one attached hydrogen (secondary N) is 1. The van der Waals surface area contributed by atoms with Crippen LogP contribution in [0, 0.1) is 0 Å². The predicted octanol–water partition coefficient (Wildman–Crippen LogP) is 2.15. The van der Waals surface area contributed by atoms with Crippen LogP contribution in [0.3, 0.4) is 0 Å². The van der Waals surface area contributed by atoms with Crippen molar-refractivity contribution in [1.82, 2.24) is 10.2 Å². The minimum atomic E-state index is -1.05. The van der Waals surface area contributed by atoms with Gasteiger partial charge in [0, 0.05) is 0 Å². The maximum atomic E-state index is 12.8. The molecule has 1 atom stereocenters. The van der Waals surface area contributed by atoms with E-state index in [1.54, 1.807) is 6.92 Å². The van der Waals surface area contributed by atoms with Crippen molar-refractivity contribution in [3.05, 3.63) is 35.9 Å². The van der Waals surface area contributed by atoms with Crippen molar-refractivity contribution in [1.29, 1.82) is 0 Å². The first-order chi connectivity index (χ1) is 10.4. The van der Waals surface area contributed by atoms with Crippen molar-refractivity contribution in [2.45, 2.75) is 50.2 Å². The number of hydrogen-bond acceptors (Lipinski definition) is 3. The van der Waals surface area contributed by atoms with Crippen molar-refractivity contribution in [2.24, 2.45) is 0 Å². The number of carbonyl (C=O) groups is 2. The molecule has 1 aromatic carbocycles. The van der Waals surface area contributed by atoms with Gasteiger partial charge in [-0.15, -0.1) is 0 Å². The molecule has 5 heteroatoms. The second-order valence-electron chi connectivity index (χ2n) is 6.60. The van der Waals surface area contributed by atoms with Crippen LogP contribution in [-0.4, -0.2) is 34.1 Å². The van der Waals surface area contributed by atoms with Crippen molar-refractivity contribution >= 4 is 11.9 Å². The summed E-state index contributed by atoms with van der Waals surface area (Å²) in [5.74, 6) is -0.289. The highest BCUT2D eigenvalue weighted by Crippen LogP contribution is 2.33. The maximum absolute atomic E-state index is 12.8. The zero-order valence-corrected chi connectivity index (χ0v) is 12.8. The zero-order chi connectivity index (χ0) is 15.8. The zero-order valence-electron chi connectivity index (χ0n) is 12.8. The fraction of sp³-hybridized carbons (Fsp3) is 0.529. The molecule has 0 aromatic heterocycles. The van der Waals surface area contributed by atoms with Crippen LogP contribution in [0.4, 0.5) is 4.79 Å². The Hall–Kier alpha value is -1.88. The largest absolute Gasteiger partial charge is 0.388 e. The van der Waals surface area contributed by atoms with Gasteiger partial charge in [-0.2, -0.15) is 0 Å². The van der Waals surface area contributed by atoms with Crippen molar-refractivity contribution < 1.29 is 14.7 Å². The average Bonchev–Trinajstić information content (AvgIpc) is 2.73. The monoisotopic (exact) mass is 302 g/mol. The van der Waals surface area contributed by atoms with Gasteiger partial charge in [-0.3, -0.25) is 9.69 Å². The average molecular weight is 302 g/mol. The summed E-state index contributed by atoms with van der Waals surface area (Å²) in [6.07, 6.45) is 4.27. The van der Waals surface area contributed by atoms with E-state index in [1.807, 2.05) is 30.3 Å². The number of benzene rings is 1. The Kier molecular flexibility index (Phi) is 3.68. The van der Waals surface area contributed by atoms with Gasteiger partial charge in [0.2, 0.25) is 0 Å². The molecule has 3 rings (SSSR count). The van der Waals surface area contributed by atoms with Gasteiger partial charge in [-0.05, 0) is 25.3 Å². The van der Waals surface area contributed by atoms with Crippen LogP contribution < -0.4 is 5.32 Å². The Bertz CT molecular complexity index is 581. The van der Waals surface area contributed by atoms with Crippen LogP contribution in [0.5, 0.6) is 0 Å². The molecule has 1 aromatic rings. The molecule has 2 fully saturated rings. The van der Waals surface area contributed by atoms with Gasteiger partial charge in [0.25, 0.3) is 5.91 Å². The molecule has 0 bridgehead atoms. The first kappa shape index (κ1) is 15.0. The molecule has 2 aliphatic rings. The minimum Gasteiger partial charge on any atom is -0.388 e. The smallest absolute Gasteiger partial charge is 0.325 e. The Morgan fingerprint density at radius 3 is 2.41 bits per heavy atom. The first-order valence-electron chi connectivity index (χ1n) is 7.87. The van der Waals surface area contributed by atoms with E-state index < -0.39 is 17.2 Å². The number of aliphatic hydroxyl groups is 1. The number of imide groups is 1. The van der Waals surface area contributed by atoms with E-state index in [0.717, 1.165) is 24.8 Å². The van der Waals surface area contributed by atoms with Gasteiger partial charge in [0.1, 0.15) is 5.54 Å². The molecule has 1 heterocycles. The van der Waals surface area contributed by atoms with E-state index >= 15 is 0 Å². The maximum Gasteiger partial charge on any atom is 0.325 e. The van der Waals surface area contributed by atoms with Gasteiger partial charge in [-0.1, -0.05) is 49.6 Å². The molecule has 1 saturated carbocycles. The summed E-state index contributed by atoms with van der Waals surface area (Å²) >= 11 is 0. The predicted molar refractivity (Wildman–Crippen MR) is 82.1 cm³/mol. The fourth-order valence-electron chi connectivity index (χ4n) is 3.47. The number of nitrogens with zero attached hydrogens (tertiary/aromatic N) is 1. The molecule has 118 valence electrons. The number of hydrogen-bond donors (Lipinski definition) is 2. The first-order valence-corrected chi connectivity index (χ1v) is 7.87. The molecule has 22 heavy (non-hydrogen) atoms. The normalized spacial score (nSPS) is 27.8. The van der Waals surface area contributed by atoms with E-state index in [4.69, 9.17) is 0 Å². The molecule has 1 aliphatic heterocycles. The molecular formula is C17H22N2O3. The Morgan fingerprint density at radius 1 is 1.14 bits per heavy atom. The molecule has 0 unspecified atom stereocenters. The van der Waals surface area contributed by atoms with Gasteiger partial charge < -0.3 is 10.4 Å². The van der Waals surface area contributed by atoms with Gasteiger partial charge in [0.05, 0.1) is 12.1 Å². The van der Waals surface area contributed by atoms with E-state index in [2.05, 4.69) is 5.32 Å². The fourth-order valence-corrected chi connectivity index (χ4v) is 3.47. The number of urea groups is 1. The molecule has 5 nitrogen and oxygen atoms in total. The van der Waals surface area contributed by atoms with Crippen molar-refractivity contribution in [3.63, 3.8) is 0 Å². The number of amides is 3. The lowest BCUT2D eigenvalue weighted by atomic mass is 9.84. The summed E-state index contributed by atoms with van der Waals surface area (Å²) in [4.78, 5) is 26.2. The summed E-state index contributed by atoms with van der Waals surface area (Å²) < 4.78 is 0. The Labute approximate surface area is 130 Å². The Morgan fingerprint density at radius 2 is 1.77 bits per heavy atom. The highest BCUT2D eigenvalue weighted by Gasteiger charge is 2.50. The lowest BCUT2D eigenvalue weighted by molar-refractivity contribution is -0.134. The molecular weight excluding hydrogens is 280 g/mol. The lowest BCUT2D eigenvalue weighted by Crippen LogP contribution is -2.48. The highest BCUT2D eigenvalue weighted by atomic mass is 16.3. The third-order valence-electron chi connectivity index (χ3n) is 4.86. The minimum absolute atomic E-state index is 0.0834. The lowest BCUT2D eigenvalue weighted by Gasteiger charge is -2.34. The third-order valence-corrected chi connectivity index (χ3v) is 4.86. The second-order valence-corrected chi connectivity index (χ2v) is 6.60. The van der Waals surface area contributed by atoms with Gasteiger partial charge in [0.15, 0.2) is 0 Å². The van der Waals surface area contributed by atoms with E-state index in [0.29, 0.717) is 12.8 Å². The van der Waals surface area contributed by atoms with E-state index in [-0.39, 0.29) is 12.5 Å². The van der Waals surface area contributed by atoms with E-state index in [1.165, 1.54) is 4.90 Å². The molecule has 1 saturated heterocycles. The van der Waals surface area contributed by atoms with Gasteiger partial charge in [-0.25, -0.2) is 4.79 Å². The summed E-state index contributed by atoms with van der Waals surface area (Å²) in [5, 5.41) is 13.4. The van der Waals surface area contributed by atoms with Crippen LogP contribution in [0.15, 0.2) is 30.3 Å². The summed E-state index contributed by atoms with van der Waals surface area (Å²) in [6, 6.07) is 8.80. The summed E-state index contributed by atoms with van der Waals surface area (Å²) in [7, 11) is 0. The quantitative estimate of drug-likeness (QED) is 0.841. The Balaban J connectivity index is 1.83. The third kappa shape index (κ3) is 2.50. The second kappa shape index (κ2) is 5.39. The van der Waals surface area contributed by atoms with Crippen LogP contribution in [0.1, 0.15) is 44.6 Å². The molecule has 3 amide bonds. The molecule has 2 N–H and O–H groups in total. The van der Waals surface area contributed by atoms with Crippen LogP contribution >= 0.6 is 0 Å². The van der Waals surface area contributed by atoms with Crippen molar-refractivity contribution in [2.75, 3.05) is 6.54 Å². The number of carbonyl (C=O) groups excluding carboxylic acids is 2. The SMILES string of the molecule is C[C@]1(c2ccccc2)NC(=O)N(CC2(O)CCCCC2)C1=O. The van der Waals surface area contributed by atoms with Crippen molar-refractivity contribution in [3.8, 4) is 0 Å². The van der Waals surface area contributed by atoms with Crippen LogP contribution in [-0.2, 0) is 10.3 Å². The summed E-state index contributed by atoms with van der Waals surface area (Å²) in [5.41, 5.74) is -1.23. The highest BCUT2D eigenvalue weighted by molar-refractivity contribution is 6.07. The molecule has 1 aliphatic carbocycles. The molecule has 0 spiro atoms.